The van der Waals surface area contributed by atoms with Crippen LogP contribution < -0.4 is 4.90 Å². The Hall–Kier alpha value is -8.14. The fourth-order valence-corrected chi connectivity index (χ4v) is 16.0. The van der Waals surface area contributed by atoms with Crippen LogP contribution in [-0.4, -0.2) is 0 Å². The zero-order valence-electron chi connectivity index (χ0n) is 48.6. The zero-order chi connectivity index (χ0) is 55.5. The second-order valence-corrected chi connectivity index (χ2v) is 25.4. The van der Waals surface area contributed by atoms with E-state index >= 15 is 0 Å². The van der Waals surface area contributed by atoms with Gasteiger partial charge < -0.3 is 13.7 Å². The van der Waals surface area contributed by atoms with Gasteiger partial charge in [0.25, 0.3) is 0 Å². The van der Waals surface area contributed by atoms with Crippen LogP contribution >= 0.6 is 0 Å². The lowest BCUT2D eigenvalue weighted by Crippen LogP contribution is -2.26. The van der Waals surface area contributed by atoms with Gasteiger partial charge in [-0.2, -0.15) is 0 Å². The number of hydrogen-bond acceptors (Lipinski definition) is 3. The quantitative estimate of drug-likeness (QED) is 0.0903. The molecule has 0 saturated carbocycles. The van der Waals surface area contributed by atoms with Crippen LogP contribution in [0.5, 0.6) is 0 Å². The summed E-state index contributed by atoms with van der Waals surface area (Å²) in [6.45, 7) is 14.5. The van der Waals surface area contributed by atoms with Gasteiger partial charge >= 0.3 is 0 Å². The predicted octanol–water partition coefficient (Wildman–Crippen LogP) is 23.4. The summed E-state index contributed by atoms with van der Waals surface area (Å²) >= 11 is 0. The van der Waals surface area contributed by atoms with Crippen LogP contribution in [0.25, 0.3) is 99.2 Å². The van der Waals surface area contributed by atoms with E-state index in [2.05, 4.69) is 234 Å². The highest BCUT2D eigenvalue weighted by Gasteiger charge is 2.49. The van der Waals surface area contributed by atoms with E-state index in [0.29, 0.717) is 0 Å². The van der Waals surface area contributed by atoms with Gasteiger partial charge in [-0.15, -0.1) is 0 Å². The summed E-state index contributed by atoms with van der Waals surface area (Å²) in [4.78, 5) is 2.59. The highest BCUT2D eigenvalue weighted by atomic mass is 16.3. The molecule has 406 valence electrons. The van der Waals surface area contributed by atoms with E-state index in [1.54, 1.807) is 0 Å². The Balaban J connectivity index is 0.974. The molecular formula is C79H73NO2. The molecule has 10 aromatic carbocycles. The van der Waals surface area contributed by atoms with Crippen molar-refractivity contribution < 1.29 is 8.83 Å². The maximum atomic E-state index is 7.08. The summed E-state index contributed by atoms with van der Waals surface area (Å²) in [6, 6.07) is 71.1. The van der Waals surface area contributed by atoms with Crippen molar-refractivity contribution >= 4 is 71.7 Å². The van der Waals surface area contributed by atoms with Crippen molar-refractivity contribution in [3.63, 3.8) is 0 Å². The van der Waals surface area contributed by atoms with E-state index in [1.807, 2.05) is 0 Å². The summed E-state index contributed by atoms with van der Waals surface area (Å²) < 4.78 is 14.1. The maximum Gasteiger partial charge on any atom is 0.144 e. The molecule has 0 unspecified atom stereocenters. The van der Waals surface area contributed by atoms with Gasteiger partial charge in [0.05, 0.1) is 0 Å². The minimum absolute atomic E-state index is 0.213. The van der Waals surface area contributed by atoms with Gasteiger partial charge in [0.2, 0.25) is 0 Å². The first-order chi connectivity index (χ1) is 40.1. The first-order valence-electron chi connectivity index (χ1n) is 30.9. The van der Waals surface area contributed by atoms with Gasteiger partial charge in [-0.05, 0) is 145 Å². The summed E-state index contributed by atoms with van der Waals surface area (Å²) in [6.07, 6.45) is 14.6. The van der Waals surface area contributed by atoms with E-state index in [1.165, 1.54) is 180 Å². The van der Waals surface area contributed by atoms with Crippen molar-refractivity contribution in [2.75, 3.05) is 4.90 Å². The number of unbranched alkanes of at least 4 members (excludes halogenated alkanes) is 8. The molecule has 3 nitrogen and oxygen atoms in total. The predicted molar refractivity (Wildman–Crippen MR) is 347 cm³/mol. The van der Waals surface area contributed by atoms with E-state index in [-0.39, 0.29) is 16.2 Å². The molecule has 3 aliphatic rings. The van der Waals surface area contributed by atoms with Crippen LogP contribution in [0, 0.1) is 0 Å². The molecule has 3 heteroatoms. The zero-order valence-corrected chi connectivity index (χ0v) is 48.6. The Kier molecular flexibility index (Phi) is 12.1. The van der Waals surface area contributed by atoms with Gasteiger partial charge in [0.1, 0.15) is 22.3 Å². The summed E-state index contributed by atoms with van der Waals surface area (Å²) in [5.41, 5.74) is 25.4. The first-order valence-corrected chi connectivity index (χ1v) is 30.9. The second kappa shape index (κ2) is 19.5. The molecular weight excluding hydrogens is 995 g/mol. The largest absolute Gasteiger partial charge is 0.455 e. The van der Waals surface area contributed by atoms with Crippen molar-refractivity contribution in [1.29, 1.82) is 0 Å². The molecule has 0 atom stereocenters. The molecule has 15 rings (SSSR count). The lowest BCUT2D eigenvalue weighted by molar-refractivity contribution is 0.399. The number of hydrogen-bond donors (Lipinski definition) is 0. The van der Waals surface area contributed by atoms with Crippen LogP contribution in [0.1, 0.15) is 152 Å². The van der Waals surface area contributed by atoms with Crippen molar-refractivity contribution in [1.82, 2.24) is 0 Å². The molecule has 0 fully saturated rings. The first kappa shape index (κ1) is 50.8. The number of anilines is 3. The summed E-state index contributed by atoms with van der Waals surface area (Å²) in [5.74, 6) is 0. The molecule has 0 amide bonds. The highest BCUT2D eigenvalue weighted by Crippen LogP contribution is 2.65. The second-order valence-electron chi connectivity index (χ2n) is 25.4. The Bertz CT molecular complexity index is 4490. The van der Waals surface area contributed by atoms with Crippen molar-refractivity contribution in [2.24, 2.45) is 0 Å². The molecule has 82 heavy (non-hydrogen) atoms. The molecule has 3 aliphatic carbocycles. The lowest BCUT2D eigenvalue weighted by atomic mass is 9.70. The number of fused-ring (bicyclic) bond motifs is 20. The number of benzene rings is 10. The van der Waals surface area contributed by atoms with Gasteiger partial charge in [-0.3, -0.25) is 0 Å². The molecule has 0 aliphatic heterocycles. The number of para-hydroxylation sites is 2. The number of nitrogens with zero attached hydrogens (tertiary/aromatic N) is 1. The molecule has 12 aromatic rings. The topological polar surface area (TPSA) is 29.5 Å². The third kappa shape index (κ3) is 7.53. The van der Waals surface area contributed by atoms with Crippen LogP contribution in [0.15, 0.2) is 197 Å². The normalized spacial score (nSPS) is 14.9. The fraction of sp³-hybridized carbons (Fsp3) is 0.266. The summed E-state index contributed by atoms with van der Waals surface area (Å²) in [5, 5.41) is 7.34. The molecule has 2 heterocycles. The number of furan rings is 2. The van der Waals surface area contributed by atoms with Crippen LogP contribution in [0.2, 0.25) is 0 Å². The Morgan fingerprint density at radius 2 is 0.878 bits per heavy atom. The van der Waals surface area contributed by atoms with Crippen LogP contribution in [0.4, 0.5) is 17.1 Å². The van der Waals surface area contributed by atoms with E-state index in [4.69, 9.17) is 8.83 Å². The van der Waals surface area contributed by atoms with Gasteiger partial charge in [-0.25, -0.2) is 0 Å². The standard InChI is InChI=1S/C79H73NO2/c1-7-9-11-13-26-44-79(45-27-14-12-10-8-2)64-48-55(41-43-58(64)68-65(79)49-61(51-29-16-15-17-30-51)75-70(68)59-33-21-24-36-66(59)81-75)80(53-39-38-50-28-18-19-31-52(50)46-53)54-40-42-57-63(47-54)78(5,6)73-69(57)71-60-34-22-25-37-67(60)82-76(71)72-56-32-20-23-35-62(56)77(3,4)74(72)73/h15-25,28-43,46-49H,7-14,26-27,44-45H2,1-6H3. The molecule has 0 N–H and O–H groups in total. The van der Waals surface area contributed by atoms with Crippen molar-refractivity contribution in [2.45, 2.75) is 135 Å². The van der Waals surface area contributed by atoms with Gasteiger partial charge in [-0.1, -0.05) is 239 Å². The number of rotatable bonds is 16. The van der Waals surface area contributed by atoms with E-state index < -0.39 is 0 Å². The Morgan fingerprint density at radius 1 is 0.366 bits per heavy atom. The highest BCUT2D eigenvalue weighted by molar-refractivity contribution is 6.21. The average molecular weight is 1070 g/mol. The fourth-order valence-electron chi connectivity index (χ4n) is 16.0. The molecule has 0 spiro atoms. The maximum absolute atomic E-state index is 7.08. The Morgan fingerprint density at radius 3 is 1.57 bits per heavy atom. The molecule has 0 saturated heterocycles. The molecule has 0 radical (unpaired) electrons. The third-order valence-electron chi connectivity index (χ3n) is 19.8. The Labute approximate surface area is 483 Å². The molecule has 2 aromatic heterocycles. The van der Waals surface area contributed by atoms with Gasteiger partial charge in [0.15, 0.2) is 0 Å². The smallest absolute Gasteiger partial charge is 0.144 e. The van der Waals surface area contributed by atoms with Gasteiger partial charge in [0, 0.05) is 66.0 Å². The average Bonchev–Trinajstić information content (AvgIpc) is 1.76. The van der Waals surface area contributed by atoms with Crippen LogP contribution in [-0.2, 0) is 16.2 Å². The van der Waals surface area contributed by atoms with E-state index in [0.717, 1.165) is 46.5 Å². The SMILES string of the molecule is CCCCCCCC1(CCCCCCC)c2cc(N(c3ccc4c(c3)C(C)(C)c3c5c(c6oc7ccccc7c6c3-4)-c3ccccc3C5(C)C)c3ccc4ccccc4c3)ccc2-c2c1cc(-c1ccccc1)c1oc3ccccc3c21. The third-order valence-corrected chi connectivity index (χ3v) is 19.8. The summed E-state index contributed by atoms with van der Waals surface area (Å²) in [7, 11) is 0. The van der Waals surface area contributed by atoms with Crippen molar-refractivity contribution in [3.05, 3.63) is 221 Å². The molecule has 0 bridgehead atoms. The lowest BCUT2D eigenvalue weighted by Gasteiger charge is -2.35. The monoisotopic (exact) mass is 1070 g/mol. The van der Waals surface area contributed by atoms with E-state index in [9.17, 15) is 0 Å². The van der Waals surface area contributed by atoms with Crippen LogP contribution in [0.3, 0.4) is 0 Å². The minimum atomic E-state index is -0.342. The minimum Gasteiger partial charge on any atom is -0.455 e. The van der Waals surface area contributed by atoms with Crippen molar-refractivity contribution in [3.8, 4) is 44.5 Å².